The van der Waals surface area contributed by atoms with Crippen molar-refractivity contribution in [2.24, 2.45) is 4.99 Å². The molecule has 1 heterocycles. The Hall–Kier alpha value is -2.71. The number of nitrogens with zero attached hydrogens (tertiary/aromatic N) is 3. The second-order valence-corrected chi connectivity index (χ2v) is 6.90. The smallest absolute Gasteiger partial charge is 0.123 e. The van der Waals surface area contributed by atoms with Gasteiger partial charge < -0.3 is 9.64 Å². The van der Waals surface area contributed by atoms with Gasteiger partial charge in [0.05, 0.1) is 24.1 Å². The average Bonchev–Trinajstić information content (AvgIpc) is 3.06. The lowest BCUT2D eigenvalue weighted by Crippen LogP contribution is -2.30. The molecule has 0 saturated carbocycles. The van der Waals surface area contributed by atoms with E-state index < -0.39 is 5.60 Å². The number of aliphatic imine (C=N–C) groups is 1. The fourth-order valence-electron chi connectivity index (χ4n) is 3.66. The van der Waals surface area contributed by atoms with Gasteiger partial charge in [-0.1, -0.05) is 18.2 Å². The molecule has 0 N–H and O–H groups in total. The molecule has 1 aliphatic rings. The van der Waals surface area contributed by atoms with Gasteiger partial charge in [0.1, 0.15) is 11.4 Å². The van der Waals surface area contributed by atoms with Crippen molar-refractivity contribution in [2.45, 2.75) is 32.0 Å². The molecule has 1 unspecified atom stereocenters. The van der Waals surface area contributed by atoms with Crippen LogP contribution in [0.4, 0.5) is 4.39 Å². The first-order valence-electron chi connectivity index (χ1n) is 9.08. The van der Waals surface area contributed by atoms with E-state index in [-0.39, 0.29) is 5.82 Å². The highest BCUT2D eigenvalue weighted by molar-refractivity contribution is 5.79. The molecular formula is C22H24FN3O. The first-order valence-corrected chi connectivity index (χ1v) is 9.08. The van der Waals surface area contributed by atoms with Gasteiger partial charge in [-0.05, 0) is 60.7 Å². The first-order chi connectivity index (χ1) is 13.0. The van der Waals surface area contributed by atoms with Crippen LogP contribution in [0.15, 0.2) is 47.5 Å². The molecule has 0 radical (unpaired) electrons. The molecular weight excluding hydrogens is 341 g/mol. The van der Waals surface area contributed by atoms with Crippen molar-refractivity contribution in [3.8, 4) is 6.07 Å². The van der Waals surface area contributed by atoms with Crippen LogP contribution >= 0.6 is 0 Å². The lowest BCUT2D eigenvalue weighted by molar-refractivity contribution is -0.0136. The lowest BCUT2D eigenvalue weighted by atomic mass is 9.81. The van der Waals surface area contributed by atoms with Crippen LogP contribution in [0.2, 0.25) is 0 Å². The maximum absolute atomic E-state index is 13.5. The van der Waals surface area contributed by atoms with E-state index in [0.717, 1.165) is 41.9 Å². The van der Waals surface area contributed by atoms with E-state index >= 15 is 0 Å². The topological polar surface area (TPSA) is 48.6 Å². The van der Waals surface area contributed by atoms with Gasteiger partial charge in [-0.2, -0.15) is 5.26 Å². The van der Waals surface area contributed by atoms with Gasteiger partial charge in [-0.15, -0.1) is 0 Å². The molecule has 27 heavy (non-hydrogen) atoms. The molecule has 5 heteroatoms. The normalized spacial score (nSPS) is 18.9. The van der Waals surface area contributed by atoms with Gasteiger partial charge in [-0.25, -0.2) is 4.39 Å². The molecule has 0 saturated heterocycles. The van der Waals surface area contributed by atoms with Crippen LogP contribution in [0.3, 0.4) is 0 Å². The number of nitriles is 1. The summed E-state index contributed by atoms with van der Waals surface area (Å²) in [5.74, 6) is 0.721. The van der Waals surface area contributed by atoms with Crippen molar-refractivity contribution in [2.75, 3.05) is 20.6 Å². The average molecular weight is 365 g/mol. The standard InChI is InChI=1S/C22H24FN3O/c1-16(25-2)26(3)12-4-11-22(19-6-8-20(23)9-7-19)21-10-5-17(14-24)13-18(21)15-27-22/h5-10,13H,4,11-12,15H2,1-3H3. The van der Waals surface area contributed by atoms with E-state index in [1.165, 1.54) is 12.1 Å². The molecule has 2 aromatic carbocycles. The molecule has 3 rings (SSSR count). The zero-order valence-corrected chi connectivity index (χ0v) is 16.0. The number of amidine groups is 1. The molecule has 1 aliphatic heterocycles. The summed E-state index contributed by atoms with van der Waals surface area (Å²) in [6, 6.07) is 14.4. The summed E-state index contributed by atoms with van der Waals surface area (Å²) in [5, 5.41) is 9.18. The van der Waals surface area contributed by atoms with Gasteiger partial charge in [0, 0.05) is 20.6 Å². The van der Waals surface area contributed by atoms with Crippen LogP contribution in [0.25, 0.3) is 0 Å². The molecule has 140 valence electrons. The monoisotopic (exact) mass is 365 g/mol. The summed E-state index contributed by atoms with van der Waals surface area (Å²) in [4.78, 5) is 6.34. The van der Waals surface area contributed by atoms with Crippen molar-refractivity contribution in [1.29, 1.82) is 5.26 Å². The summed E-state index contributed by atoms with van der Waals surface area (Å²) in [7, 11) is 3.81. The molecule has 0 bridgehead atoms. The maximum atomic E-state index is 13.5. The zero-order valence-electron chi connectivity index (χ0n) is 16.0. The Morgan fingerprint density at radius 1 is 1.30 bits per heavy atom. The Labute approximate surface area is 159 Å². The zero-order chi connectivity index (χ0) is 19.4. The molecule has 4 nitrogen and oxygen atoms in total. The van der Waals surface area contributed by atoms with Gasteiger partial charge in [0.2, 0.25) is 0 Å². The minimum atomic E-state index is -0.616. The maximum Gasteiger partial charge on any atom is 0.123 e. The Morgan fingerprint density at radius 3 is 2.70 bits per heavy atom. The summed E-state index contributed by atoms with van der Waals surface area (Å²) in [5.41, 5.74) is 3.04. The summed E-state index contributed by atoms with van der Waals surface area (Å²) >= 11 is 0. The quantitative estimate of drug-likeness (QED) is 0.588. The lowest BCUT2D eigenvalue weighted by Gasteiger charge is -2.31. The molecule has 0 aliphatic carbocycles. The number of fused-ring (bicyclic) bond motifs is 1. The number of benzene rings is 2. The third kappa shape index (κ3) is 3.72. The molecule has 0 fully saturated rings. The van der Waals surface area contributed by atoms with Crippen LogP contribution in [-0.2, 0) is 16.9 Å². The largest absolute Gasteiger partial charge is 0.364 e. The molecule has 0 spiro atoms. The predicted octanol–water partition coefficient (Wildman–Crippen LogP) is 4.23. The van der Waals surface area contributed by atoms with E-state index in [1.54, 1.807) is 19.2 Å². The van der Waals surface area contributed by atoms with Gasteiger partial charge in [-0.3, -0.25) is 4.99 Å². The van der Waals surface area contributed by atoms with Gasteiger partial charge in [0.25, 0.3) is 0 Å². The Kier molecular flexibility index (Phi) is 5.57. The van der Waals surface area contributed by atoms with Crippen molar-refractivity contribution in [3.63, 3.8) is 0 Å². The highest BCUT2D eigenvalue weighted by Gasteiger charge is 2.41. The van der Waals surface area contributed by atoms with Crippen LogP contribution < -0.4 is 0 Å². The van der Waals surface area contributed by atoms with Crippen molar-refractivity contribution in [1.82, 2.24) is 4.90 Å². The van der Waals surface area contributed by atoms with Crippen molar-refractivity contribution < 1.29 is 9.13 Å². The Bertz CT molecular complexity index is 885. The Balaban J connectivity index is 1.93. The third-order valence-electron chi connectivity index (χ3n) is 5.35. The number of rotatable bonds is 5. The molecule has 0 amide bonds. The molecule has 0 aromatic heterocycles. The second-order valence-electron chi connectivity index (χ2n) is 6.90. The Morgan fingerprint density at radius 2 is 2.04 bits per heavy atom. The van der Waals surface area contributed by atoms with Crippen LogP contribution in [0.1, 0.15) is 42.0 Å². The summed E-state index contributed by atoms with van der Waals surface area (Å²) < 4.78 is 19.8. The summed E-state index contributed by atoms with van der Waals surface area (Å²) in [6.45, 7) is 3.29. The number of hydrogen-bond acceptors (Lipinski definition) is 3. The molecule has 1 atom stereocenters. The van der Waals surface area contributed by atoms with Crippen molar-refractivity contribution in [3.05, 3.63) is 70.5 Å². The van der Waals surface area contributed by atoms with E-state index in [9.17, 15) is 9.65 Å². The number of halogens is 1. The highest BCUT2D eigenvalue weighted by Crippen LogP contribution is 2.45. The van der Waals surface area contributed by atoms with Crippen LogP contribution in [0.5, 0.6) is 0 Å². The minimum absolute atomic E-state index is 0.263. The first kappa shape index (κ1) is 19.1. The van der Waals surface area contributed by atoms with E-state index in [2.05, 4.69) is 16.0 Å². The highest BCUT2D eigenvalue weighted by atomic mass is 19.1. The van der Waals surface area contributed by atoms with Crippen LogP contribution in [-0.4, -0.2) is 31.4 Å². The van der Waals surface area contributed by atoms with E-state index in [4.69, 9.17) is 4.74 Å². The minimum Gasteiger partial charge on any atom is -0.364 e. The third-order valence-corrected chi connectivity index (χ3v) is 5.35. The predicted molar refractivity (Wildman–Crippen MR) is 104 cm³/mol. The van der Waals surface area contributed by atoms with E-state index in [1.807, 2.05) is 32.2 Å². The van der Waals surface area contributed by atoms with Gasteiger partial charge in [0.15, 0.2) is 0 Å². The number of hydrogen-bond donors (Lipinski definition) is 0. The SMILES string of the molecule is CN=C(C)N(C)CCCC1(c2ccc(F)cc2)OCc2cc(C#N)ccc21. The fourth-order valence-corrected chi connectivity index (χ4v) is 3.66. The molecule has 2 aromatic rings. The van der Waals surface area contributed by atoms with Crippen molar-refractivity contribution >= 4 is 5.84 Å². The second kappa shape index (κ2) is 7.89. The van der Waals surface area contributed by atoms with Gasteiger partial charge >= 0.3 is 0 Å². The number of ether oxygens (including phenoxy) is 1. The van der Waals surface area contributed by atoms with E-state index in [0.29, 0.717) is 12.2 Å². The fraction of sp³-hybridized carbons (Fsp3) is 0.364. The van der Waals surface area contributed by atoms with Crippen LogP contribution in [0, 0.1) is 17.1 Å². The summed E-state index contributed by atoms with van der Waals surface area (Å²) in [6.07, 6.45) is 1.65.